The Morgan fingerprint density at radius 3 is 2.74 bits per heavy atom. The number of piperidine rings is 1. The second kappa shape index (κ2) is 10.1. The van der Waals surface area contributed by atoms with Crippen molar-refractivity contribution in [3.63, 3.8) is 0 Å². The van der Waals surface area contributed by atoms with Gasteiger partial charge in [0.1, 0.15) is 6.04 Å². The van der Waals surface area contributed by atoms with Crippen molar-refractivity contribution in [3.05, 3.63) is 0 Å². The molecule has 1 fully saturated rings. The molecule has 1 saturated heterocycles. The zero-order chi connectivity index (χ0) is 17.2. The molecule has 6 nitrogen and oxygen atoms in total. The normalized spacial score (nSPS) is 19.1. The van der Waals surface area contributed by atoms with Crippen LogP contribution in [0.25, 0.3) is 0 Å². The lowest BCUT2D eigenvalue weighted by atomic mass is 9.94. The Balaban J connectivity index is 2.41. The highest BCUT2D eigenvalue weighted by Crippen LogP contribution is 2.19. The van der Waals surface area contributed by atoms with Crippen molar-refractivity contribution < 1.29 is 9.59 Å². The summed E-state index contributed by atoms with van der Waals surface area (Å²) >= 11 is 0. The highest BCUT2D eigenvalue weighted by atomic mass is 16.2. The Kier molecular flexibility index (Phi) is 8.46. The SMILES string of the molecule is CCC[C@H](C#N)NC(=O)C[C@H]1CCCN(C(=O)NCC(C)C)C1. The largest absolute Gasteiger partial charge is 0.340 e. The molecule has 0 aromatic rings. The second-order valence-electron chi connectivity index (χ2n) is 6.78. The van der Waals surface area contributed by atoms with Crippen molar-refractivity contribution in [3.8, 4) is 6.07 Å². The molecule has 1 aliphatic rings. The minimum absolute atomic E-state index is 0.0373. The molecule has 1 rings (SSSR count). The molecule has 3 amide bonds. The van der Waals surface area contributed by atoms with E-state index in [9.17, 15) is 9.59 Å². The van der Waals surface area contributed by atoms with Gasteiger partial charge >= 0.3 is 6.03 Å². The summed E-state index contributed by atoms with van der Waals surface area (Å²) in [4.78, 5) is 26.0. The molecule has 0 saturated carbocycles. The molecule has 0 unspecified atom stereocenters. The molecule has 0 bridgehead atoms. The minimum Gasteiger partial charge on any atom is -0.340 e. The first-order valence-electron chi connectivity index (χ1n) is 8.68. The van der Waals surface area contributed by atoms with Crippen LogP contribution in [0.3, 0.4) is 0 Å². The van der Waals surface area contributed by atoms with E-state index in [1.165, 1.54) is 0 Å². The van der Waals surface area contributed by atoms with Crippen LogP contribution in [0.4, 0.5) is 4.79 Å². The van der Waals surface area contributed by atoms with E-state index in [2.05, 4.69) is 30.6 Å². The summed E-state index contributed by atoms with van der Waals surface area (Å²) < 4.78 is 0. The summed E-state index contributed by atoms with van der Waals surface area (Å²) in [5.74, 6) is 0.515. The maximum absolute atomic E-state index is 12.1. The number of nitriles is 1. The first-order valence-corrected chi connectivity index (χ1v) is 8.68. The topological polar surface area (TPSA) is 85.2 Å². The van der Waals surface area contributed by atoms with Crippen LogP contribution >= 0.6 is 0 Å². The minimum atomic E-state index is -0.401. The summed E-state index contributed by atoms with van der Waals surface area (Å²) in [5.41, 5.74) is 0. The van der Waals surface area contributed by atoms with Gasteiger partial charge in [-0.2, -0.15) is 5.26 Å². The van der Waals surface area contributed by atoms with Gasteiger partial charge in [-0.25, -0.2) is 4.79 Å². The van der Waals surface area contributed by atoms with Gasteiger partial charge in [-0.15, -0.1) is 0 Å². The maximum Gasteiger partial charge on any atom is 0.317 e. The fourth-order valence-electron chi connectivity index (χ4n) is 2.79. The number of carbonyl (C=O) groups is 2. The van der Waals surface area contributed by atoms with Crippen molar-refractivity contribution in [1.29, 1.82) is 5.26 Å². The highest BCUT2D eigenvalue weighted by Gasteiger charge is 2.25. The first-order chi connectivity index (χ1) is 11.0. The van der Waals surface area contributed by atoms with Gasteiger partial charge < -0.3 is 15.5 Å². The van der Waals surface area contributed by atoms with Crippen molar-refractivity contribution >= 4 is 11.9 Å². The van der Waals surface area contributed by atoms with Crippen molar-refractivity contribution in [1.82, 2.24) is 15.5 Å². The van der Waals surface area contributed by atoms with Gasteiger partial charge in [0, 0.05) is 26.1 Å². The van der Waals surface area contributed by atoms with Gasteiger partial charge in [-0.1, -0.05) is 27.2 Å². The van der Waals surface area contributed by atoms with Gasteiger partial charge in [0.2, 0.25) is 5.91 Å². The second-order valence-corrected chi connectivity index (χ2v) is 6.78. The van der Waals surface area contributed by atoms with Crippen LogP contribution in [0, 0.1) is 23.2 Å². The molecular formula is C17H30N4O2. The Labute approximate surface area is 139 Å². The number of likely N-dealkylation sites (tertiary alicyclic amines) is 1. The van der Waals surface area contributed by atoms with Crippen molar-refractivity contribution in [2.75, 3.05) is 19.6 Å². The number of carbonyl (C=O) groups excluding carboxylic acids is 2. The summed E-state index contributed by atoms with van der Waals surface area (Å²) in [5, 5.41) is 14.7. The molecule has 6 heteroatoms. The van der Waals surface area contributed by atoms with Gasteiger partial charge in [0.05, 0.1) is 6.07 Å². The van der Waals surface area contributed by atoms with Crippen LogP contribution in [0.5, 0.6) is 0 Å². The zero-order valence-corrected chi connectivity index (χ0v) is 14.6. The molecule has 1 heterocycles. The number of amides is 3. The van der Waals surface area contributed by atoms with Crippen LogP contribution in [0.15, 0.2) is 0 Å². The predicted octanol–water partition coefficient (Wildman–Crippen LogP) is 2.26. The molecule has 0 radical (unpaired) electrons. The Morgan fingerprint density at radius 1 is 1.39 bits per heavy atom. The fraction of sp³-hybridized carbons (Fsp3) is 0.824. The molecule has 1 aliphatic heterocycles. The van der Waals surface area contributed by atoms with E-state index in [0.717, 1.165) is 25.8 Å². The number of hydrogen-bond acceptors (Lipinski definition) is 3. The van der Waals surface area contributed by atoms with Gasteiger partial charge in [-0.05, 0) is 31.1 Å². The van der Waals surface area contributed by atoms with E-state index in [1.54, 1.807) is 4.90 Å². The number of rotatable bonds is 7. The molecule has 23 heavy (non-hydrogen) atoms. The maximum atomic E-state index is 12.1. The van der Waals surface area contributed by atoms with Crippen molar-refractivity contribution in [2.24, 2.45) is 11.8 Å². The molecule has 0 spiro atoms. The average Bonchev–Trinajstić information content (AvgIpc) is 2.52. The average molecular weight is 322 g/mol. The van der Waals surface area contributed by atoms with E-state index in [-0.39, 0.29) is 17.9 Å². The molecule has 0 aliphatic carbocycles. The van der Waals surface area contributed by atoms with Crippen LogP contribution in [0.2, 0.25) is 0 Å². The third-order valence-electron chi connectivity index (χ3n) is 4.01. The Bertz CT molecular complexity index is 431. The van der Waals surface area contributed by atoms with E-state index >= 15 is 0 Å². The lowest BCUT2D eigenvalue weighted by Gasteiger charge is -2.32. The monoisotopic (exact) mass is 322 g/mol. The number of urea groups is 1. The van der Waals surface area contributed by atoms with E-state index in [0.29, 0.717) is 31.8 Å². The van der Waals surface area contributed by atoms with Gasteiger partial charge in [0.15, 0.2) is 0 Å². The standard InChI is InChI=1S/C17H30N4O2/c1-4-6-15(10-18)20-16(22)9-14-7-5-8-21(12-14)17(23)19-11-13(2)3/h13-15H,4-9,11-12H2,1-3H3,(H,19,23)(H,20,22)/t14-,15-/m1/s1. The Morgan fingerprint density at radius 2 is 2.13 bits per heavy atom. The number of nitrogens with zero attached hydrogens (tertiary/aromatic N) is 2. The van der Waals surface area contributed by atoms with E-state index < -0.39 is 6.04 Å². The molecule has 0 aromatic carbocycles. The summed E-state index contributed by atoms with van der Waals surface area (Å²) in [6.45, 7) is 8.14. The Hall–Kier alpha value is -1.77. The van der Waals surface area contributed by atoms with Gasteiger partial charge in [-0.3, -0.25) is 4.79 Å². The van der Waals surface area contributed by atoms with Crippen LogP contribution in [-0.2, 0) is 4.79 Å². The van der Waals surface area contributed by atoms with Gasteiger partial charge in [0.25, 0.3) is 0 Å². The molecule has 2 atom stereocenters. The number of nitrogens with one attached hydrogen (secondary N) is 2. The fourth-order valence-corrected chi connectivity index (χ4v) is 2.79. The summed E-state index contributed by atoms with van der Waals surface area (Å²) in [7, 11) is 0. The number of hydrogen-bond donors (Lipinski definition) is 2. The van der Waals surface area contributed by atoms with Crippen LogP contribution in [-0.4, -0.2) is 42.5 Å². The lowest BCUT2D eigenvalue weighted by Crippen LogP contribution is -2.47. The smallest absolute Gasteiger partial charge is 0.317 e. The predicted molar refractivity (Wildman–Crippen MR) is 89.6 cm³/mol. The van der Waals surface area contributed by atoms with E-state index in [1.807, 2.05) is 6.92 Å². The van der Waals surface area contributed by atoms with Crippen LogP contribution in [0.1, 0.15) is 52.9 Å². The molecular weight excluding hydrogens is 292 g/mol. The van der Waals surface area contributed by atoms with E-state index in [4.69, 9.17) is 5.26 Å². The van der Waals surface area contributed by atoms with Crippen LogP contribution < -0.4 is 10.6 Å². The summed E-state index contributed by atoms with van der Waals surface area (Å²) in [6, 6.07) is 1.68. The summed E-state index contributed by atoms with van der Waals surface area (Å²) in [6.07, 6.45) is 3.80. The lowest BCUT2D eigenvalue weighted by molar-refractivity contribution is -0.122. The molecule has 130 valence electrons. The van der Waals surface area contributed by atoms with Crippen molar-refractivity contribution in [2.45, 2.75) is 58.9 Å². The third kappa shape index (κ3) is 7.36. The first kappa shape index (κ1) is 19.3. The quantitative estimate of drug-likeness (QED) is 0.754. The zero-order valence-electron chi connectivity index (χ0n) is 14.6. The molecule has 0 aromatic heterocycles. The highest BCUT2D eigenvalue weighted by molar-refractivity contribution is 5.77. The third-order valence-corrected chi connectivity index (χ3v) is 4.01. The molecule has 2 N–H and O–H groups in total.